The molecule has 0 aromatic rings. The lowest BCUT2D eigenvalue weighted by atomic mass is 9.84. The Morgan fingerprint density at radius 3 is 1.29 bits per heavy atom. The lowest BCUT2D eigenvalue weighted by Gasteiger charge is -2.46. The molecular weight excluding hydrogens is 572 g/mol. The van der Waals surface area contributed by atoms with Crippen molar-refractivity contribution in [3.05, 3.63) is 0 Å². The SMILES string of the molecule is COC(C)(C)C(C)(C)N(C)CN=C(C)C.COC(C)(C)C(C)(C)OC(=O)CN=C(C)C.COC(C)(C)C(C)(C)OCN=C(C)C. The molecule has 0 heterocycles. The van der Waals surface area contributed by atoms with Crippen molar-refractivity contribution in [2.45, 2.75) is 158 Å². The van der Waals surface area contributed by atoms with Crippen molar-refractivity contribution in [3.8, 4) is 0 Å². The van der Waals surface area contributed by atoms with E-state index < -0.39 is 11.2 Å². The van der Waals surface area contributed by atoms with E-state index >= 15 is 0 Å². The topological polar surface area (TPSA) is 104 Å². The van der Waals surface area contributed by atoms with E-state index in [2.05, 4.69) is 54.6 Å². The summed E-state index contributed by atoms with van der Waals surface area (Å²) in [5.41, 5.74) is 0.860. The molecule has 0 aromatic carbocycles. The summed E-state index contributed by atoms with van der Waals surface area (Å²) in [7, 11) is 7.13. The zero-order valence-electron chi connectivity index (χ0n) is 33.4. The minimum atomic E-state index is -0.685. The van der Waals surface area contributed by atoms with Crippen LogP contribution in [0.25, 0.3) is 0 Å². The van der Waals surface area contributed by atoms with Crippen LogP contribution in [0.5, 0.6) is 0 Å². The predicted octanol–water partition coefficient (Wildman–Crippen LogP) is 7.42. The van der Waals surface area contributed by atoms with Crippen LogP contribution in [0.15, 0.2) is 15.0 Å². The maximum Gasteiger partial charge on any atom is 0.328 e. The molecule has 268 valence electrons. The Labute approximate surface area is 277 Å². The second-order valence-corrected chi connectivity index (χ2v) is 14.8. The Balaban J connectivity index is -0.000000589. The van der Waals surface area contributed by atoms with Gasteiger partial charge in [-0.05, 0) is 132 Å². The Kier molecular flexibility index (Phi) is 21.0. The fourth-order valence-electron chi connectivity index (χ4n) is 2.78. The van der Waals surface area contributed by atoms with Gasteiger partial charge in [0.25, 0.3) is 0 Å². The molecule has 0 spiro atoms. The zero-order chi connectivity index (χ0) is 36.7. The molecule has 0 fully saturated rings. The normalized spacial score (nSPS) is 12.7. The molecule has 0 aromatic heterocycles. The molecule has 0 amide bonds. The van der Waals surface area contributed by atoms with E-state index in [0.29, 0.717) is 13.4 Å². The smallest absolute Gasteiger partial charge is 0.328 e. The summed E-state index contributed by atoms with van der Waals surface area (Å²) in [5.74, 6) is -0.337. The number of methoxy groups -OCH3 is 3. The Bertz CT molecular complexity index is 951. The minimum Gasteiger partial charge on any atom is -0.455 e. The molecule has 0 aliphatic carbocycles. The molecule has 10 heteroatoms. The number of aliphatic imine (C=N–C) groups is 3. The number of carbonyl (C=O) groups excluding carboxylic acids is 1. The predicted molar refractivity (Wildman–Crippen MR) is 191 cm³/mol. The quantitative estimate of drug-likeness (QED) is 0.135. The van der Waals surface area contributed by atoms with Crippen molar-refractivity contribution in [3.63, 3.8) is 0 Å². The van der Waals surface area contributed by atoms with Gasteiger partial charge in [-0.2, -0.15) is 0 Å². The van der Waals surface area contributed by atoms with E-state index in [1.165, 1.54) is 0 Å². The third-order valence-electron chi connectivity index (χ3n) is 9.16. The first kappa shape index (κ1) is 47.7. The molecule has 0 rings (SSSR count). The van der Waals surface area contributed by atoms with Crippen molar-refractivity contribution in [2.24, 2.45) is 15.0 Å². The first-order valence-corrected chi connectivity index (χ1v) is 15.7. The number of nitrogens with zero attached hydrogens (tertiary/aromatic N) is 4. The third-order valence-corrected chi connectivity index (χ3v) is 9.16. The number of carbonyl (C=O) groups is 1. The van der Waals surface area contributed by atoms with Gasteiger partial charge in [-0.1, -0.05) is 0 Å². The van der Waals surface area contributed by atoms with Crippen molar-refractivity contribution < 1.29 is 28.5 Å². The van der Waals surface area contributed by atoms with E-state index in [9.17, 15) is 4.79 Å². The van der Waals surface area contributed by atoms with Crippen molar-refractivity contribution >= 4 is 23.1 Å². The molecule has 0 radical (unpaired) electrons. The highest BCUT2D eigenvalue weighted by Gasteiger charge is 2.41. The van der Waals surface area contributed by atoms with Crippen LogP contribution in [0.1, 0.15) is 125 Å². The van der Waals surface area contributed by atoms with Gasteiger partial charge in [-0.25, -0.2) is 0 Å². The van der Waals surface area contributed by atoms with Crippen LogP contribution in [0.4, 0.5) is 0 Å². The molecular formula is C35H72N4O6. The fourth-order valence-corrected chi connectivity index (χ4v) is 2.78. The highest BCUT2D eigenvalue weighted by molar-refractivity contribution is 5.82. The molecule has 0 aliphatic rings. The number of esters is 1. The number of hydrogen-bond donors (Lipinski definition) is 0. The second-order valence-electron chi connectivity index (χ2n) is 14.8. The van der Waals surface area contributed by atoms with Gasteiger partial charge in [-0.3, -0.25) is 24.7 Å². The zero-order valence-corrected chi connectivity index (χ0v) is 33.4. The third kappa shape index (κ3) is 17.7. The van der Waals surface area contributed by atoms with Gasteiger partial charge in [0.05, 0.1) is 23.5 Å². The van der Waals surface area contributed by atoms with Gasteiger partial charge in [-0.15, -0.1) is 0 Å². The van der Waals surface area contributed by atoms with Gasteiger partial charge in [0.1, 0.15) is 24.5 Å². The molecule has 45 heavy (non-hydrogen) atoms. The van der Waals surface area contributed by atoms with E-state index in [4.69, 9.17) is 23.7 Å². The monoisotopic (exact) mass is 645 g/mol. The van der Waals surface area contributed by atoms with Crippen LogP contribution >= 0.6 is 0 Å². The second kappa shape index (κ2) is 19.8. The summed E-state index contributed by atoms with van der Waals surface area (Å²) in [4.78, 5) is 26.4. The number of rotatable bonds is 15. The summed E-state index contributed by atoms with van der Waals surface area (Å²) in [5, 5.41) is 0. The van der Waals surface area contributed by atoms with Crippen molar-refractivity contribution in [2.75, 3.05) is 48.3 Å². The first-order valence-electron chi connectivity index (χ1n) is 15.7. The van der Waals surface area contributed by atoms with Gasteiger partial charge >= 0.3 is 5.97 Å². The largest absolute Gasteiger partial charge is 0.455 e. The van der Waals surface area contributed by atoms with Gasteiger partial charge in [0.15, 0.2) is 0 Å². The van der Waals surface area contributed by atoms with Crippen LogP contribution in [-0.4, -0.2) is 110 Å². The van der Waals surface area contributed by atoms with E-state index in [0.717, 1.165) is 17.1 Å². The molecule has 10 nitrogen and oxygen atoms in total. The summed E-state index contributed by atoms with van der Waals surface area (Å²) in [6.45, 7) is 36.8. The number of hydrogen-bond acceptors (Lipinski definition) is 10. The average Bonchev–Trinajstić information content (AvgIpc) is 2.90. The lowest BCUT2D eigenvalue weighted by molar-refractivity contribution is -0.184. The summed E-state index contributed by atoms with van der Waals surface area (Å²) < 4.78 is 27.3. The van der Waals surface area contributed by atoms with Crippen LogP contribution in [0, 0.1) is 0 Å². The van der Waals surface area contributed by atoms with E-state index in [1.54, 1.807) is 21.3 Å². The molecule has 0 N–H and O–H groups in total. The van der Waals surface area contributed by atoms with Gasteiger partial charge < -0.3 is 23.7 Å². The van der Waals surface area contributed by atoms with Crippen molar-refractivity contribution in [1.82, 2.24) is 4.90 Å². The molecule has 0 saturated heterocycles. The van der Waals surface area contributed by atoms with E-state index in [-0.39, 0.29) is 34.9 Å². The highest BCUT2D eigenvalue weighted by Crippen LogP contribution is 2.30. The van der Waals surface area contributed by atoms with Crippen LogP contribution < -0.4 is 0 Å². The lowest BCUT2D eigenvalue weighted by Crippen LogP contribution is -2.57. The van der Waals surface area contributed by atoms with E-state index in [1.807, 2.05) is 96.9 Å². The maximum atomic E-state index is 11.5. The molecule has 0 saturated carbocycles. The first-order chi connectivity index (χ1) is 20.0. The standard InChI is InChI=1S/C12H26N2O.C12H23NO3.C11H23NO2/c1-10(2)13-9-14(7)11(3,4)12(5,6)15-8;1-9(2)13-8-10(14)16-12(5,6)11(3,4)15-7;1-9(2)12-8-14-11(5,6)10(3,4)13-7/h9H2,1-8H3;8H2,1-7H3;8H2,1-7H3. The Morgan fingerprint density at radius 2 is 0.933 bits per heavy atom. The van der Waals surface area contributed by atoms with Crippen LogP contribution in [0.3, 0.4) is 0 Å². The summed E-state index contributed by atoms with van der Waals surface area (Å²) in [6, 6.07) is 0. The maximum absolute atomic E-state index is 11.5. The fraction of sp³-hybridized carbons (Fsp3) is 0.886. The molecule has 0 unspecified atom stereocenters. The molecule has 0 atom stereocenters. The minimum absolute atomic E-state index is 0.0549. The summed E-state index contributed by atoms with van der Waals surface area (Å²) >= 11 is 0. The highest BCUT2D eigenvalue weighted by atomic mass is 16.6. The molecule has 0 aliphatic heterocycles. The number of likely N-dealkylation sites (N-methyl/N-ethyl adjacent to an activating group) is 1. The van der Waals surface area contributed by atoms with Gasteiger partial charge in [0.2, 0.25) is 0 Å². The number of ether oxygens (including phenoxy) is 5. The van der Waals surface area contributed by atoms with Gasteiger partial charge in [0, 0.05) is 44.0 Å². The van der Waals surface area contributed by atoms with Crippen LogP contribution in [-0.2, 0) is 28.5 Å². The Hall–Kier alpha value is -1.72. The van der Waals surface area contributed by atoms with Crippen LogP contribution in [0.2, 0.25) is 0 Å². The van der Waals surface area contributed by atoms with Crippen molar-refractivity contribution in [1.29, 1.82) is 0 Å². The summed E-state index contributed by atoms with van der Waals surface area (Å²) in [6.07, 6.45) is 0. The Morgan fingerprint density at radius 1 is 0.556 bits per heavy atom. The average molecular weight is 645 g/mol. The molecule has 0 bridgehead atoms.